The molecule has 1 amide bonds. The third kappa shape index (κ3) is 5.49. The molecule has 6 nitrogen and oxygen atoms in total. The van der Waals surface area contributed by atoms with E-state index in [2.05, 4.69) is 9.84 Å². The number of amides is 1. The molecule has 2 aromatic carbocycles. The minimum absolute atomic E-state index is 0.0768. The quantitative estimate of drug-likeness (QED) is 0.749. The van der Waals surface area contributed by atoms with E-state index in [0.717, 1.165) is 18.2 Å². The van der Waals surface area contributed by atoms with Crippen molar-refractivity contribution in [2.75, 3.05) is 7.11 Å². The van der Waals surface area contributed by atoms with Crippen LogP contribution in [0, 0.1) is 0 Å². The summed E-state index contributed by atoms with van der Waals surface area (Å²) in [6, 6.07) is 18.3. The second-order valence-electron chi connectivity index (χ2n) is 5.16. The van der Waals surface area contributed by atoms with Crippen LogP contribution >= 0.6 is 7.60 Å². The number of benzene rings is 2. The van der Waals surface area contributed by atoms with E-state index >= 15 is 0 Å². The minimum atomic E-state index is -4.01. The van der Waals surface area contributed by atoms with Gasteiger partial charge in [-0.1, -0.05) is 60.7 Å². The van der Waals surface area contributed by atoms with Crippen molar-refractivity contribution in [3.05, 3.63) is 71.8 Å². The lowest BCUT2D eigenvalue weighted by Crippen LogP contribution is -2.37. The summed E-state index contributed by atoms with van der Waals surface area (Å²) < 4.78 is 21.9. The maximum Gasteiger partial charge on any atom is 0.408 e. The molecule has 0 saturated carbocycles. The summed E-state index contributed by atoms with van der Waals surface area (Å²) in [5.41, 5.74) is 1.63. The van der Waals surface area contributed by atoms with Gasteiger partial charge in [0.1, 0.15) is 12.4 Å². The van der Waals surface area contributed by atoms with E-state index in [0.29, 0.717) is 0 Å². The molecule has 0 aromatic heterocycles. The molecule has 2 N–H and O–H groups in total. The zero-order chi connectivity index (χ0) is 17.4. The van der Waals surface area contributed by atoms with Crippen LogP contribution in [0.25, 0.3) is 0 Å². The number of nitrogens with one attached hydrogen (secondary N) is 1. The van der Waals surface area contributed by atoms with E-state index in [1.807, 2.05) is 48.5 Å². The van der Waals surface area contributed by atoms with Gasteiger partial charge in [0.25, 0.3) is 0 Å². The van der Waals surface area contributed by atoms with Crippen LogP contribution in [-0.4, -0.2) is 23.9 Å². The van der Waals surface area contributed by atoms with Gasteiger partial charge >= 0.3 is 13.7 Å². The van der Waals surface area contributed by atoms with Crippen LogP contribution in [-0.2, 0) is 26.9 Å². The van der Waals surface area contributed by atoms with Crippen LogP contribution < -0.4 is 5.32 Å². The lowest BCUT2D eigenvalue weighted by atomic mass is 10.1. The molecule has 0 fully saturated rings. The van der Waals surface area contributed by atoms with Gasteiger partial charge in [0.05, 0.1) is 0 Å². The van der Waals surface area contributed by atoms with Crippen molar-refractivity contribution in [2.45, 2.75) is 18.8 Å². The number of carbonyl (C=O) groups is 1. The topological polar surface area (TPSA) is 84.9 Å². The minimum Gasteiger partial charge on any atom is -0.445 e. The van der Waals surface area contributed by atoms with Crippen LogP contribution in [0.3, 0.4) is 0 Å². The molecule has 0 spiro atoms. The summed E-state index contributed by atoms with van der Waals surface area (Å²) in [6.07, 6.45) is -0.616. The molecule has 0 aliphatic heterocycles. The molecule has 7 heteroatoms. The number of hydrogen-bond acceptors (Lipinski definition) is 4. The summed E-state index contributed by atoms with van der Waals surface area (Å²) in [7, 11) is -2.88. The van der Waals surface area contributed by atoms with Gasteiger partial charge in [-0.2, -0.15) is 0 Å². The van der Waals surface area contributed by atoms with E-state index < -0.39 is 19.5 Å². The van der Waals surface area contributed by atoms with E-state index in [9.17, 15) is 14.3 Å². The fraction of sp³-hybridized carbons (Fsp3) is 0.235. The highest BCUT2D eigenvalue weighted by molar-refractivity contribution is 7.53. The Hall–Kier alpha value is -2.14. The Kier molecular flexibility index (Phi) is 6.55. The molecule has 0 heterocycles. The third-order valence-corrected chi connectivity index (χ3v) is 5.05. The highest BCUT2D eigenvalue weighted by Gasteiger charge is 2.33. The van der Waals surface area contributed by atoms with Gasteiger partial charge in [0.15, 0.2) is 0 Å². The Bertz CT molecular complexity index is 693. The number of carbonyl (C=O) groups excluding carboxylic acids is 1. The molecule has 128 valence electrons. The van der Waals surface area contributed by atoms with Gasteiger partial charge in [0, 0.05) is 13.5 Å². The van der Waals surface area contributed by atoms with Crippen molar-refractivity contribution < 1.29 is 23.5 Å². The van der Waals surface area contributed by atoms with Gasteiger partial charge in [-0.25, -0.2) is 4.79 Å². The monoisotopic (exact) mass is 349 g/mol. The number of alkyl carbamates (subject to hydrolysis) is 1. The second-order valence-corrected chi connectivity index (χ2v) is 7.28. The first-order valence-corrected chi connectivity index (χ1v) is 9.05. The van der Waals surface area contributed by atoms with E-state index in [1.165, 1.54) is 0 Å². The fourth-order valence-electron chi connectivity index (χ4n) is 2.11. The van der Waals surface area contributed by atoms with Crippen molar-refractivity contribution in [2.24, 2.45) is 0 Å². The maximum atomic E-state index is 12.2. The fourth-order valence-corrected chi connectivity index (χ4v) is 3.08. The van der Waals surface area contributed by atoms with Gasteiger partial charge in [-0.05, 0) is 11.1 Å². The molecule has 0 bridgehead atoms. The Morgan fingerprint density at radius 2 is 1.62 bits per heavy atom. The molecule has 0 aliphatic rings. The predicted octanol–water partition coefficient (Wildman–Crippen LogP) is 3.31. The zero-order valence-corrected chi connectivity index (χ0v) is 14.2. The highest BCUT2D eigenvalue weighted by atomic mass is 31.2. The molecule has 0 saturated heterocycles. The van der Waals surface area contributed by atoms with Crippen molar-refractivity contribution in [1.29, 1.82) is 0 Å². The molecule has 24 heavy (non-hydrogen) atoms. The Morgan fingerprint density at radius 3 is 2.17 bits per heavy atom. The molecule has 0 radical (unpaired) electrons. The smallest absolute Gasteiger partial charge is 0.408 e. The number of rotatable bonds is 7. The van der Waals surface area contributed by atoms with E-state index in [4.69, 9.17) is 4.74 Å². The van der Waals surface area contributed by atoms with Gasteiger partial charge in [-0.3, -0.25) is 4.57 Å². The van der Waals surface area contributed by atoms with Crippen LogP contribution in [0.5, 0.6) is 0 Å². The van der Waals surface area contributed by atoms with Gasteiger partial charge in [-0.15, -0.1) is 0 Å². The third-order valence-electron chi connectivity index (χ3n) is 3.42. The SMILES string of the molecule is COP(=O)(O)[C@H](Cc1ccccc1)NC(=O)OCc1ccccc1. The molecule has 2 aromatic rings. The van der Waals surface area contributed by atoms with Crippen molar-refractivity contribution >= 4 is 13.7 Å². The number of hydrogen-bond donors (Lipinski definition) is 2. The summed E-state index contributed by atoms with van der Waals surface area (Å²) in [5.74, 6) is -1.09. The average Bonchev–Trinajstić information content (AvgIpc) is 2.61. The largest absolute Gasteiger partial charge is 0.445 e. The highest BCUT2D eigenvalue weighted by Crippen LogP contribution is 2.46. The van der Waals surface area contributed by atoms with Crippen LogP contribution in [0.1, 0.15) is 11.1 Å². The molecular weight excluding hydrogens is 329 g/mol. The summed E-state index contributed by atoms with van der Waals surface area (Å²) in [4.78, 5) is 21.9. The Morgan fingerprint density at radius 1 is 1.08 bits per heavy atom. The van der Waals surface area contributed by atoms with Crippen LogP contribution in [0.4, 0.5) is 4.79 Å². The number of ether oxygens (including phenoxy) is 1. The maximum absolute atomic E-state index is 12.2. The van der Waals surface area contributed by atoms with Crippen molar-refractivity contribution in [3.8, 4) is 0 Å². The molecule has 0 aliphatic carbocycles. The lowest BCUT2D eigenvalue weighted by Gasteiger charge is -2.22. The Labute approximate surface area is 141 Å². The van der Waals surface area contributed by atoms with Gasteiger partial charge < -0.3 is 19.5 Å². The summed E-state index contributed by atoms with van der Waals surface area (Å²) in [6.45, 7) is 0.0768. The standard InChI is InChI=1S/C17H20NO5P/c1-22-24(20,21)16(12-14-8-4-2-5-9-14)18-17(19)23-13-15-10-6-3-7-11-15/h2-11,16H,12-13H2,1H3,(H,18,19)(H,20,21)/t16-/m1/s1. The summed E-state index contributed by atoms with van der Waals surface area (Å²) >= 11 is 0. The molecule has 2 atom stereocenters. The van der Waals surface area contributed by atoms with E-state index in [1.54, 1.807) is 12.1 Å². The van der Waals surface area contributed by atoms with Crippen molar-refractivity contribution in [1.82, 2.24) is 5.32 Å². The van der Waals surface area contributed by atoms with Gasteiger partial charge in [0.2, 0.25) is 0 Å². The van der Waals surface area contributed by atoms with Crippen molar-refractivity contribution in [3.63, 3.8) is 0 Å². The Balaban J connectivity index is 1.99. The predicted molar refractivity (Wildman–Crippen MR) is 90.5 cm³/mol. The van der Waals surface area contributed by atoms with Crippen LogP contribution in [0.15, 0.2) is 60.7 Å². The lowest BCUT2D eigenvalue weighted by molar-refractivity contribution is 0.136. The normalized spacial score (nSPS) is 14.4. The van der Waals surface area contributed by atoms with Crippen LogP contribution in [0.2, 0.25) is 0 Å². The van der Waals surface area contributed by atoms with E-state index in [-0.39, 0.29) is 13.0 Å². The first-order valence-electron chi connectivity index (χ1n) is 7.40. The first-order chi connectivity index (χ1) is 11.5. The first kappa shape index (κ1) is 18.2. The molecule has 2 rings (SSSR count). The second kappa shape index (κ2) is 8.64. The summed E-state index contributed by atoms with van der Waals surface area (Å²) in [5, 5.41) is 2.43. The molecular formula is C17H20NO5P. The molecule has 1 unspecified atom stereocenters. The zero-order valence-electron chi connectivity index (χ0n) is 13.3. The average molecular weight is 349 g/mol.